The Morgan fingerprint density at radius 1 is 1.21 bits per heavy atom. The molecule has 0 bridgehead atoms. The number of rotatable bonds is 3. The summed E-state index contributed by atoms with van der Waals surface area (Å²) >= 11 is 5.81. The van der Waals surface area contributed by atoms with E-state index in [-0.39, 0.29) is 16.3 Å². The summed E-state index contributed by atoms with van der Waals surface area (Å²) in [7, 11) is 0. The summed E-state index contributed by atoms with van der Waals surface area (Å²) in [6.07, 6.45) is 0. The molecule has 0 fully saturated rings. The summed E-state index contributed by atoms with van der Waals surface area (Å²) in [5.41, 5.74) is -0.240. The second-order valence-corrected chi connectivity index (χ2v) is 4.01. The van der Waals surface area contributed by atoms with Crippen molar-refractivity contribution < 1.29 is 23.4 Å². The van der Waals surface area contributed by atoms with E-state index in [2.05, 4.69) is 0 Å². The average Bonchev–Trinajstić information content (AvgIpc) is 2.35. The van der Waals surface area contributed by atoms with Crippen LogP contribution in [0.5, 0.6) is 11.5 Å². The smallest absolute Gasteiger partial charge is 0.339 e. The average molecular weight is 285 g/mol. The molecule has 0 atom stereocenters. The Hall–Kier alpha value is -2.14. The van der Waals surface area contributed by atoms with Crippen LogP contribution in [0.4, 0.5) is 8.78 Å². The van der Waals surface area contributed by atoms with Gasteiger partial charge in [-0.05, 0) is 24.3 Å². The number of carboxylic acid groups (broad SMARTS) is 1. The van der Waals surface area contributed by atoms with Crippen molar-refractivity contribution >= 4 is 17.6 Å². The van der Waals surface area contributed by atoms with Gasteiger partial charge < -0.3 is 9.84 Å². The molecule has 0 aliphatic carbocycles. The monoisotopic (exact) mass is 284 g/mol. The Balaban J connectivity index is 2.49. The third kappa shape index (κ3) is 2.82. The van der Waals surface area contributed by atoms with Gasteiger partial charge >= 0.3 is 5.97 Å². The lowest BCUT2D eigenvalue weighted by Gasteiger charge is -2.11. The highest BCUT2D eigenvalue weighted by Crippen LogP contribution is 2.34. The number of halogens is 3. The normalized spacial score (nSPS) is 10.3. The van der Waals surface area contributed by atoms with Crippen molar-refractivity contribution in [1.29, 1.82) is 0 Å². The lowest BCUT2D eigenvalue weighted by molar-refractivity contribution is 0.0694. The molecule has 0 spiro atoms. The molecule has 6 heteroatoms. The molecular weight excluding hydrogens is 278 g/mol. The van der Waals surface area contributed by atoms with Gasteiger partial charge in [-0.1, -0.05) is 17.7 Å². The number of hydrogen-bond acceptors (Lipinski definition) is 2. The molecule has 2 rings (SSSR count). The molecular formula is C13H7ClF2O3. The van der Waals surface area contributed by atoms with Crippen LogP contribution in [0.3, 0.4) is 0 Å². The molecule has 0 unspecified atom stereocenters. The maximum atomic E-state index is 13.4. The molecule has 0 saturated carbocycles. The first-order valence-electron chi connectivity index (χ1n) is 5.13. The van der Waals surface area contributed by atoms with Gasteiger partial charge in [0.15, 0.2) is 17.3 Å². The van der Waals surface area contributed by atoms with Crippen LogP contribution in [-0.2, 0) is 0 Å². The Kier molecular flexibility index (Phi) is 3.66. The van der Waals surface area contributed by atoms with E-state index < -0.39 is 23.4 Å². The van der Waals surface area contributed by atoms with E-state index in [1.54, 1.807) is 0 Å². The van der Waals surface area contributed by atoms with Crippen molar-refractivity contribution in [2.24, 2.45) is 0 Å². The Morgan fingerprint density at radius 3 is 2.63 bits per heavy atom. The summed E-state index contributed by atoms with van der Waals surface area (Å²) in [5.74, 6) is -3.48. The first-order valence-corrected chi connectivity index (χ1v) is 5.51. The Morgan fingerprint density at radius 2 is 1.95 bits per heavy atom. The number of carboxylic acids is 1. The maximum absolute atomic E-state index is 13.4. The van der Waals surface area contributed by atoms with Crippen molar-refractivity contribution in [3.63, 3.8) is 0 Å². The van der Waals surface area contributed by atoms with E-state index in [1.165, 1.54) is 18.2 Å². The predicted molar refractivity (Wildman–Crippen MR) is 64.8 cm³/mol. The highest BCUT2D eigenvalue weighted by atomic mass is 35.5. The van der Waals surface area contributed by atoms with E-state index >= 15 is 0 Å². The van der Waals surface area contributed by atoms with Gasteiger partial charge in [-0.3, -0.25) is 0 Å². The zero-order valence-electron chi connectivity index (χ0n) is 9.36. The quantitative estimate of drug-likeness (QED) is 0.922. The molecule has 0 aliphatic rings. The van der Waals surface area contributed by atoms with Gasteiger partial charge in [0, 0.05) is 6.07 Å². The van der Waals surface area contributed by atoms with Crippen molar-refractivity contribution in [2.45, 2.75) is 0 Å². The predicted octanol–water partition coefficient (Wildman–Crippen LogP) is 4.11. The maximum Gasteiger partial charge on any atom is 0.339 e. The van der Waals surface area contributed by atoms with Crippen LogP contribution in [0, 0.1) is 11.6 Å². The van der Waals surface area contributed by atoms with Crippen molar-refractivity contribution in [3.8, 4) is 11.5 Å². The Labute approximate surface area is 112 Å². The molecule has 98 valence electrons. The molecule has 0 aliphatic heterocycles. The van der Waals surface area contributed by atoms with Crippen molar-refractivity contribution in [2.75, 3.05) is 0 Å². The molecule has 2 aromatic carbocycles. The number of aromatic carboxylic acids is 1. The SMILES string of the molecule is O=C(O)c1cccc(Cl)c1Oc1cc(F)ccc1F. The van der Waals surface area contributed by atoms with E-state index in [0.717, 1.165) is 18.2 Å². The number of carbonyl (C=O) groups is 1. The highest BCUT2D eigenvalue weighted by Gasteiger charge is 2.17. The lowest BCUT2D eigenvalue weighted by atomic mass is 10.2. The number of para-hydroxylation sites is 1. The van der Waals surface area contributed by atoms with E-state index in [1.807, 2.05) is 0 Å². The fourth-order valence-corrected chi connectivity index (χ4v) is 1.66. The van der Waals surface area contributed by atoms with Crippen LogP contribution in [0.25, 0.3) is 0 Å². The standard InChI is InChI=1S/C13H7ClF2O3/c14-9-3-1-2-8(13(17)18)12(9)19-11-6-7(15)4-5-10(11)16/h1-6H,(H,17,18). The molecule has 0 saturated heterocycles. The first-order chi connectivity index (χ1) is 8.99. The second-order valence-electron chi connectivity index (χ2n) is 3.60. The minimum absolute atomic E-state index is 0.0106. The van der Waals surface area contributed by atoms with E-state index in [0.29, 0.717) is 0 Å². The molecule has 0 amide bonds. The van der Waals surface area contributed by atoms with E-state index in [4.69, 9.17) is 21.4 Å². The molecule has 2 aromatic rings. The molecule has 0 heterocycles. The van der Waals surface area contributed by atoms with Gasteiger partial charge in [0.25, 0.3) is 0 Å². The molecule has 3 nitrogen and oxygen atoms in total. The molecule has 1 N–H and O–H groups in total. The van der Waals surface area contributed by atoms with Gasteiger partial charge in [-0.2, -0.15) is 0 Å². The van der Waals surface area contributed by atoms with Crippen LogP contribution in [-0.4, -0.2) is 11.1 Å². The van der Waals surface area contributed by atoms with Gasteiger partial charge in [0.05, 0.1) is 5.02 Å². The first kappa shape index (κ1) is 13.3. The van der Waals surface area contributed by atoms with Crippen LogP contribution in [0.1, 0.15) is 10.4 Å². The number of ether oxygens (including phenoxy) is 1. The third-order valence-corrected chi connectivity index (χ3v) is 2.60. The summed E-state index contributed by atoms with van der Waals surface area (Å²) in [5, 5.41) is 8.97. The highest BCUT2D eigenvalue weighted by molar-refractivity contribution is 6.32. The minimum Gasteiger partial charge on any atom is -0.478 e. The molecule has 0 aromatic heterocycles. The fraction of sp³-hybridized carbons (Fsp3) is 0. The molecule has 19 heavy (non-hydrogen) atoms. The van der Waals surface area contributed by atoms with Crippen LogP contribution < -0.4 is 4.74 Å². The number of hydrogen-bond donors (Lipinski definition) is 1. The summed E-state index contributed by atoms with van der Waals surface area (Å²) in [6.45, 7) is 0. The number of benzene rings is 2. The van der Waals surface area contributed by atoms with Crippen LogP contribution in [0.2, 0.25) is 5.02 Å². The fourth-order valence-electron chi connectivity index (χ4n) is 1.45. The van der Waals surface area contributed by atoms with Gasteiger partial charge in [-0.25, -0.2) is 13.6 Å². The van der Waals surface area contributed by atoms with Crippen molar-refractivity contribution in [3.05, 3.63) is 58.6 Å². The second kappa shape index (κ2) is 5.24. The summed E-state index contributed by atoms with van der Waals surface area (Å²) in [6, 6.07) is 6.67. The van der Waals surface area contributed by atoms with Gasteiger partial charge in [0.2, 0.25) is 0 Å². The summed E-state index contributed by atoms with van der Waals surface area (Å²) < 4.78 is 31.5. The van der Waals surface area contributed by atoms with Gasteiger partial charge in [-0.15, -0.1) is 0 Å². The Bertz CT molecular complexity index is 644. The van der Waals surface area contributed by atoms with Gasteiger partial charge in [0.1, 0.15) is 11.4 Å². The minimum atomic E-state index is -1.28. The zero-order chi connectivity index (χ0) is 14.0. The van der Waals surface area contributed by atoms with Crippen LogP contribution in [0.15, 0.2) is 36.4 Å². The third-order valence-electron chi connectivity index (χ3n) is 2.30. The summed E-state index contributed by atoms with van der Waals surface area (Å²) in [4.78, 5) is 11.0. The van der Waals surface area contributed by atoms with E-state index in [9.17, 15) is 13.6 Å². The van der Waals surface area contributed by atoms with Crippen LogP contribution >= 0.6 is 11.6 Å². The lowest BCUT2D eigenvalue weighted by Crippen LogP contribution is -2.01. The van der Waals surface area contributed by atoms with Crippen molar-refractivity contribution in [1.82, 2.24) is 0 Å². The molecule has 0 radical (unpaired) electrons. The largest absolute Gasteiger partial charge is 0.478 e. The topological polar surface area (TPSA) is 46.5 Å². The zero-order valence-corrected chi connectivity index (χ0v) is 10.1.